The van der Waals surface area contributed by atoms with Crippen LogP contribution < -0.4 is 10.6 Å². The summed E-state index contributed by atoms with van der Waals surface area (Å²) in [5.74, 6) is 0. The van der Waals surface area contributed by atoms with Crippen molar-refractivity contribution in [3.8, 4) is 6.07 Å². The zero-order valence-corrected chi connectivity index (χ0v) is 9.84. The van der Waals surface area contributed by atoms with Crippen molar-refractivity contribution in [2.24, 2.45) is 0 Å². The highest BCUT2D eigenvalue weighted by Gasteiger charge is 2.47. The van der Waals surface area contributed by atoms with E-state index in [1.807, 2.05) is 19.0 Å². The molecule has 2 N–H and O–H groups in total. The van der Waals surface area contributed by atoms with Crippen LogP contribution in [0.15, 0.2) is 0 Å². The summed E-state index contributed by atoms with van der Waals surface area (Å²) in [5.41, 5.74) is -0.452. The quantitative estimate of drug-likeness (QED) is 0.676. The summed E-state index contributed by atoms with van der Waals surface area (Å²) in [6.45, 7) is 0.695. The van der Waals surface area contributed by atoms with Gasteiger partial charge in [-0.1, -0.05) is 0 Å². The molecule has 16 heavy (non-hydrogen) atoms. The molecule has 0 aromatic heterocycles. The number of hydrogen-bond donors (Lipinski definition) is 2. The second-order valence-electron chi connectivity index (χ2n) is 5.13. The molecule has 1 saturated carbocycles. The first-order valence-electron chi connectivity index (χ1n) is 5.67. The summed E-state index contributed by atoms with van der Waals surface area (Å²) in [5, 5.41) is 15.1. The first-order valence-corrected chi connectivity index (χ1v) is 5.67. The van der Waals surface area contributed by atoms with Crippen LogP contribution in [0, 0.1) is 11.3 Å². The highest BCUT2D eigenvalue weighted by Crippen LogP contribution is 2.38. The van der Waals surface area contributed by atoms with E-state index in [1.165, 1.54) is 0 Å². The summed E-state index contributed by atoms with van der Waals surface area (Å²) >= 11 is 0. The van der Waals surface area contributed by atoms with Crippen molar-refractivity contribution in [1.82, 2.24) is 15.5 Å². The molecule has 0 aromatic rings. The number of amides is 2. The Morgan fingerprint density at radius 2 is 1.94 bits per heavy atom. The first-order chi connectivity index (χ1) is 7.52. The lowest BCUT2D eigenvalue weighted by Gasteiger charge is -2.43. The molecule has 1 saturated heterocycles. The SMILES string of the molecule is CN(C)C1(C#N)CCC2(CC1)CNC(=O)N2. The maximum atomic E-state index is 11.2. The van der Waals surface area contributed by atoms with E-state index in [1.54, 1.807) is 0 Å². The van der Waals surface area contributed by atoms with Gasteiger partial charge in [-0.05, 0) is 39.8 Å². The topological polar surface area (TPSA) is 68.2 Å². The minimum atomic E-state index is -0.349. The van der Waals surface area contributed by atoms with Gasteiger partial charge in [-0.3, -0.25) is 4.90 Å². The molecule has 88 valence electrons. The highest BCUT2D eigenvalue weighted by atomic mass is 16.2. The number of carbonyl (C=O) groups is 1. The molecule has 0 bridgehead atoms. The Kier molecular flexibility index (Phi) is 2.55. The molecular weight excluding hydrogens is 204 g/mol. The van der Waals surface area contributed by atoms with Crippen LogP contribution >= 0.6 is 0 Å². The fraction of sp³-hybridized carbons (Fsp3) is 0.818. The molecule has 5 nitrogen and oxygen atoms in total. The average molecular weight is 222 g/mol. The van der Waals surface area contributed by atoms with Crippen molar-refractivity contribution in [3.05, 3.63) is 0 Å². The predicted octanol–water partition coefficient (Wildman–Crippen LogP) is 0.436. The van der Waals surface area contributed by atoms with E-state index < -0.39 is 0 Å². The molecule has 0 aromatic carbocycles. The Morgan fingerprint density at radius 1 is 1.31 bits per heavy atom. The van der Waals surface area contributed by atoms with Crippen LogP contribution in [0.5, 0.6) is 0 Å². The van der Waals surface area contributed by atoms with Gasteiger partial charge in [0, 0.05) is 6.54 Å². The maximum absolute atomic E-state index is 11.2. The molecule has 0 atom stereocenters. The van der Waals surface area contributed by atoms with Gasteiger partial charge < -0.3 is 10.6 Å². The van der Waals surface area contributed by atoms with Gasteiger partial charge in [-0.15, -0.1) is 0 Å². The van der Waals surface area contributed by atoms with Crippen molar-refractivity contribution in [2.75, 3.05) is 20.6 Å². The number of nitrogens with zero attached hydrogens (tertiary/aromatic N) is 2. The zero-order valence-electron chi connectivity index (χ0n) is 9.84. The Bertz CT molecular complexity index is 336. The van der Waals surface area contributed by atoms with Crippen molar-refractivity contribution < 1.29 is 4.79 Å². The van der Waals surface area contributed by atoms with Crippen LogP contribution in [-0.2, 0) is 0 Å². The molecule has 1 aliphatic heterocycles. The van der Waals surface area contributed by atoms with E-state index in [0.29, 0.717) is 6.54 Å². The van der Waals surface area contributed by atoms with E-state index in [-0.39, 0.29) is 17.1 Å². The van der Waals surface area contributed by atoms with Gasteiger partial charge in [0.15, 0.2) is 0 Å². The summed E-state index contributed by atoms with van der Waals surface area (Å²) in [7, 11) is 3.90. The second-order valence-corrected chi connectivity index (χ2v) is 5.13. The lowest BCUT2D eigenvalue weighted by atomic mass is 9.72. The normalized spacial score (nSPS) is 38.2. The lowest BCUT2D eigenvalue weighted by Crippen LogP contribution is -2.54. The van der Waals surface area contributed by atoms with Crippen LogP contribution in [0.25, 0.3) is 0 Å². The number of carbonyl (C=O) groups excluding carboxylic acids is 1. The molecule has 5 heteroatoms. The number of nitriles is 1. The smallest absolute Gasteiger partial charge is 0.315 e. The number of rotatable bonds is 1. The number of hydrogen-bond acceptors (Lipinski definition) is 3. The molecule has 1 heterocycles. The van der Waals surface area contributed by atoms with Gasteiger partial charge in [0.2, 0.25) is 0 Å². The standard InChI is InChI=1S/C11H18N4O/c1-15(2)11(7-12)5-3-10(4-6-11)8-13-9(16)14-10/h3-6,8H2,1-2H3,(H2,13,14,16). The van der Waals surface area contributed by atoms with Gasteiger partial charge in [-0.2, -0.15) is 5.26 Å². The van der Waals surface area contributed by atoms with E-state index >= 15 is 0 Å². The average Bonchev–Trinajstić information content (AvgIpc) is 2.62. The van der Waals surface area contributed by atoms with Gasteiger partial charge in [0.25, 0.3) is 0 Å². The van der Waals surface area contributed by atoms with Crippen LogP contribution in [0.4, 0.5) is 4.79 Å². The third-order valence-corrected chi connectivity index (χ3v) is 4.06. The molecule has 1 aliphatic carbocycles. The Morgan fingerprint density at radius 3 is 2.31 bits per heavy atom. The first kappa shape index (κ1) is 11.2. The maximum Gasteiger partial charge on any atom is 0.315 e. The third-order valence-electron chi connectivity index (χ3n) is 4.06. The van der Waals surface area contributed by atoms with Crippen molar-refractivity contribution in [1.29, 1.82) is 5.26 Å². The largest absolute Gasteiger partial charge is 0.336 e. The summed E-state index contributed by atoms with van der Waals surface area (Å²) in [6, 6.07) is 2.35. The van der Waals surface area contributed by atoms with Crippen molar-refractivity contribution in [3.63, 3.8) is 0 Å². The molecule has 2 amide bonds. The lowest BCUT2D eigenvalue weighted by molar-refractivity contribution is 0.114. The third kappa shape index (κ3) is 1.63. The second kappa shape index (κ2) is 3.63. The van der Waals surface area contributed by atoms with E-state index in [9.17, 15) is 10.1 Å². The van der Waals surface area contributed by atoms with E-state index in [4.69, 9.17) is 0 Å². The molecule has 1 spiro atoms. The molecule has 0 radical (unpaired) electrons. The van der Waals surface area contributed by atoms with Crippen LogP contribution in [0.3, 0.4) is 0 Å². The summed E-state index contributed by atoms with van der Waals surface area (Å²) in [6.07, 6.45) is 3.38. The fourth-order valence-electron chi connectivity index (χ4n) is 2.68. The van der Waals surface area contributed by atoms with Gasteiger partial charge in [0.1, 0.15) is 5.54 Å². The van der Waals surface area contributed by atoms with Crippen LogP contribution in [0.2, 0.25) is 0 Å². The summed E-state index contributed by atoms with van der Waals surface area (Å²) < 4.78 is 0. The Hall–Kier alpha value is -1.28. The molecule has 2 rings (SSSR count). The van der Waals surface area contributed by atoms with Crippen molar-refractivity contribution in [2.45, 2.75) is 36.8 Å². The minimum Gasteiger partial charge on any atom is -0.336 e. The number of urea groups is 1. The van der Waals surface area contributed by atoms with Crippen molar-refractivity contribution >= 4 is 6.03 Å². The van der Waals surface area contributed by atoms with Gasteiger partial charge in [-0.25, -0.2) is 4.79 Å². The minimum absolute atomic E-state index is 0.0747. The van der Waals surface area contributed by atoms with Gasteiger partial charge in [0.05, 0.1) is 11.6 Å². The zero-order chi connectivity index (χ0) is 11.8. The highest BCUT2D eigenvalue weighted by molar-refractivity contribution is 5.77. The molecule has 0 unspecified atom stereocenters. The van der Waals surface area contributed by atoms with E-state index in [2.05, 4.69) is 16.7 Å². The van der Waals surface area contributed by atoms with Crippen LogP contribution in [0.1, 0.15) is 25.7 Å². The van der Waals surface area contributed by atoms with Crippen LogP contribution in [-0.4, -0.2) is 42.6 Å². The molecular formula is C11H18N4O. The number of nitrogens with one attached hydrogen (secondary N) is 2. The monoisotopic (exact) mass is 222 g/mol. The Labute approximate surface area is 95.8 Å². The van der Waals surface area contributed by atoms with E-state index in [0.717, 1.165) is 25.7 Å². The molecule has 2 aliphatic rings. The predicted molar refractivity (Wildman–Crippen MR) is 59.8 cm³/mol. The Balaban J connectivity index is 2.07. The molecule has 2 fully saturated rings. The fourth-order valence-corrected chi connectivity index (χ4v) is 2.68. The summed E-state index contributed by atoms with van der Waals surface area (Å²) in [4.78, 5) is 13.2. The van der Waals surface area contributed by atoms with Gasteiger partial charge >= 0.3 is 6.03 Å².